The van der Waals surface area contributed by atoms with Crippen molar-refractivity contribution in [2.75, 3.05) is 0 Å². The summed E-state index contributed by atoms with van der Waals surface area (Å²) in [5, 5.41) is 0. The summed E-state index contributed by atoms with van der Waals surface area (Å²) in [5.74, 6) is 0.805. The third kappa shape index (κ3) is 2.06. The maximum atomic E-state index is 2.29. The summed E-state index contributed by atoms with van der Waals surface area (Å²) >= 11 is 0. The Morgan fingerprint density at radius 2 is 1.71 bits per heavy atom. The van der Waals surface area contributed by atoms with Gasteiger partial charge in [-0.15, -0.1) is 0 Å². The molecule has 1 fully saturated rings. The number of allylic oxidation sites excluding steroid dienone is 2. The fourth-order valence-electron chi connectivity index (χ4n) is 2.34. The SMILES string of the molecule is CC=C1CCC(c2ccccc2)CC1. The molecule has 2 rings (SSSR count). The predicted molar refractivity (Wildman–Crippen MR) is 61.4 cm³/mol. The average Bonchev–Trinajstić information content (AvgIpc) is 2.30. The van der Waals surface area contributed by atoms with E-state index in [1.54, 1.807) is 5.57 Å². The van der Waals surface area contributed by atoms with Gasteiger partial charge in [0.2, 0.25) is 0 Å². The van der Waals surface area contributed by atoms with E-state index in [0.717, 1.165) is 5.92 Å². The monoisotopic (exact) mass is 186 g/mol. The van der Waals surface area contributed by atoms with Gasteiger partial charge in [-0.1, -0.05) is 42.0 Å². The molecule has 0 radical (unpaired) electrons. The molecule has 0 spiro atoms. The Kier molecular flexibility index (Phi) is 3.03. The van der Waals surface area contributed by atoms with Gasteiger partial charge in [0.15, 0.2) is 0 Å². The minimum absolute atomic E-state index is 0.805. The first-order chi connectivity index (χ1) is 6.90. The van der Waals surface area contributed by atoms with Gasteiger partial charge in [0.25, 0.3) is 0 Å². The highest BCUT2D eigenvalue weighted by Crippen LogP contribution is 2.34. The predicted octanol–water partition coefficient (Wildman–Crippen LogP) is 4.29. The van der Waals surface area contributed by atoms with Gasteiger partial charge in [-0.25, -0.2) is 0 Å². The van der Waals surface area contributed by atoms with Crippen LogP contribution in [-0.4, -0.2) is 0 Å². The van der Waals surface area contributed by atoms with E-state index in [2.05, 4.69) is 43.3 Å². The summed E-state index contributed by atoms with van der Waals surface area (Å²) in [5.41, 5.74) is 3.18. The maximum absolute atomic E-state index is 2.29. The highest BCUT2D eigenvalue weighted by Gasteiger charge is 2.16. The lowest BCUT2D eigenvalue weighted by Gasteiger charge is -2.24. The van der Waals surface area contributed by atoms with Crippen LogP contribution < -0.4 is 0 Å². The maximum Gasteiger partial charge on any atom is -0.0156 e. The van der Waals surface area contributed by atoms with Crippen LogP contribution in [0.15, 0.2) is 42.0 Å². The highest BCUT2D eigenvalue weighted by molar-refractivity contribution is 5.21. The first kappa shape index (κ1) is 9.51. The van der Waals surface area contributed by atoms with Crippen molar-refractivity contribution in [3.8, 4) is 0 Å². The second-order valence-electron chi connectivity index (χ2n) is 4.13. The molecule has 0 heteroatoms. The van der Waals surface area contributed by atoms with E-state index >= 15 is 0 Å². The fraction of sp³-hybridized carbons (Fsp3) is 0.429. The van der Waals surface area contributed by atoms with Crippen LogP contribution in [0.5, 0.6) is 0 Å². The normalized spacial score (nSPS) is 22.1. The number of rotatable bonds is 1. The smallest absolute Gasteiger partial charge is 0.0156 e. The van der Waals surface area contributed by atoms with Crippen LogP contribution in [-0.2, 0) is 0 Å². The molecule has 1 aromatic rings. The van der Waals surface area contributed by atoms with E-state index in [1.807, 2.05) is 0 Å². The fourth-order valence-corrected chi connectivity index (χ4v) is 2.34. The van der Waals surface area contributed by atoms with Crippen molar-refractivity contribution in [2.45, 2.75) is 38.5 Å². The van der Waals surface area contributed by atoms with Crippen molar-refractivity contribution in [1.82, 2.24) is 0 Å². The van der Waals surface area contributed by atoms with Crippen molar-refractivity contribution in [2.24, 2.45) is 0 Å². The molecular formula is C14H18. The Hall–Kier alpha value is -1.04. The van der Waals surface area contributed by atoms with Gasteiger partial charge in [-0.05, 0) is 44.1 Å². The summed E-state index contributed by atoms with van der Waals surface area (Å²) < 4.78 is 0. The van der Waals surface area contributed by atoms with Gasteiger partial charge in [-0.3, -0.25) is 0 Å². The molecule has 0 saturated heterocycles. The minimum atomic E-state index is 0.805. The largest absolute Gasteiger partial charge is 0.0885 e. The Bertz CT molecular complexity index is 298. The highest BCUT2D eigenvalue weighted by atomic mass is 14.2. The number of benzene rings is 1. The molecule has 0 atom stereocenters. The van der Waals surface area contributed by atoms with E-state index < -0.39 is 0 Å². The van der Waals surface area contributed by atoms with Crippen LogP contribution >= 0.6 is 0 Å². The molecule has 1 saturated carbocycles. The first-order valence-electron chi connectivity index (χ1n) is 5.59. The van der Waals surface area contributed by atoms with E-state index in [-0.39, 0.29) is 0 Å². The minimum Gasteiger partial charge on any atom is -0.0885 e. The third-order valence-corrected chi connectivity index (χ3v) is 3.31. The molecule has 0 heterocycles. The van der Waals surface area contributed by atoms with Crippen LogP contribution in [0.3, 0.4) is 0 Å². The summed E-state index contributed by atoms with van der Waals surface area (Å²) in [6, 6.07) is 10.9. The van der Waals surface area contributed by atoms with E-state index in [0.29, 0.717) is 0 Å². The Balaban J connectivity index is 2.03. The lowest BCUT2D eigenvalue weighted by molar-refractivity contribution is 0.516. The van der Waals surface area contributed by atoms with Crippen molar-refractivity contribution < 1.29 is 0 Å². The van der Waals surface area contributed by atoms with Crippen LogP contribution in [0.2, 0.25) is 0 Å². The zero-order valence-corrected chi connectivity index (χ0v) is 8.87. The molecule has 1 aromatic carbocycles. The molecule has 0 N–H and O–H groups in total. The molecule has 0 unspecified atom stereocenters. The van der Waals surface area contributed by atoms with Gasteiger partial charge >= 0.3 is 0 Å². The van der Waals surface area contributed by atoms with E-state index in [1.165, 1.54) is 31.2 Å². The second-order valence-corrected chi connectivity index (χ2v) is 4.13. The van der Waals surface area contributed by atoms with E-state index in [4.69, 9.17) is 0 Å². The van der Waals surface area contributed by atoms with Crippen LogP contribution in [0.1, 0.15) is 44.1 Å². The average molecular weight is 186 g/mol. The first-order valence-corrected chi connectivity index (χ1v) is 5.59. The molecule has 74 valence electrons. The van der Waals surface area contributed by atoms with Crippen LogP contribution in [0.4, 0.5) is 0 Å². The lowest BCUT2D eigenvalue weighted by atomic mass is 9.82. The zero-order chi connectivity index (χ0) is 9.80. The zero-order valence-electron chi connectivity index (χ0n) is 8.87. The van der Waals surface area contributed by atoms with Gasteiger partial charge in [0, 0.05) is 0 Å². The summed E-state index contributed by atoms with van der Waals surface area (Å²) in [4.78, 5) is 0. The van der Waals surface area contributed by atoms with Crippen molar-refractivity contribution in [3.63, 3.8) is 0 Å². The summed E-state index contributed by atoms with van der Waals surface area (Å²) in [6.45, 7) is 2.16. The summed E-state index contributed by atoms with van der Waals surface area (Å²) in [6.07, 6.45) is 7.57. The molecule has 0 amide bonds. The molecule has 0 aliphatic heterocycles. The topological polar surface area (TPSA) is 0 Å². The Morgan fingerprint density at radius 1 is 1.07 bits per heavy atom. The number of hydrogen-bond donors (Lipinski definition) is 0. The van der Waals surface area contributed by atoms with Gasteiger partial charge in [-0.2, -0.15) is 0 Å². The molecular weight excluding hydrogens is 168 g/mol. The van der Waals surface area contributed by atoms with Crippen LogP contribution in [0.25, 0.3) is 0 Å². The quantitative estimate of drug-likeness (QED) is 0.574. The second kappa shape index (κ2) is 4.45. The van der Waals surface area contributed by atoms with Gasteiger partial charge < -0.3 is 0 Å². The molecule has 1 aliphatic carbocycles. The Morgan fingerprint density at radius 3 is 2.29 bits per heavy atom. The van der Waals surface area contributed by atoms with Gasteiger partial charge in [0.1, 0.15) is 0 Å². The summed E-state index contributed by atoms with van der Waals surface area (Å²) in [7, 11) is 0. The van der Waals surface area contributed by atoms with Crippen molar-refractivity contribution in [1.29, 1.82) is 0 Å². The molecule has 0 aromatic heterocycles. The third-order valence-electron chi connectivity index (χ3n) is 3.31. The van der Waals surface area contributed by atoms with Crippen molar-refractivity contribution in [3.05, 3.63) is 47.5 Å². The molecule has 14 heavy (non-hydrogen) atoms. The lowest BCUT2D eigenvalue weighted by Crippen LogP contribution is -2.06. The van der Waals surface area contributed by atoms with Gasteiger partial charge in [0.05, 0.1) is 0 Å². The molecule has 0 bridgehead atoms. The molecule has 0 nitrogen and oxygen atoms in total. The standard InChI is InChI=1S/C14H18/c1-2-12-8-10-14(11-9-12)13-6-4-3-5-7-13/h2-7,14H,8-11H2,1H3. The van der Waals surface area contributed by atoms with E-state index in [9.17, 15) is 0 Å². The van der Waals surface area contributed by atoms with Crippen molar-refractivity contribution >= 4 is 0 Å². The number of hydrogen-bond acceptors (Lipinski definition) is 0. The molecule has 1 aliphatic rings. The van der Waals surface area contributed by atoms with Crippen LogP contribution in [0, 0.1) is 0 Å². The Labute approximate surface area is 86.7 Å².